The first-order valence-electron chi connectivity index (χ1n) is 9.56. The molecule has 29 heavy (non-hydrogen) atoms. The Hall–Kier alpha value is -3.48. The van der Waals surface area contributed by atoms with Crippen molar-refractivity contribution in [1.82, 2.24) is 10.2 Å². The van der Waals surface area contributed by atoms with Gasteiger partial charge in [-0.1, -0.05) is 17.7 Å². The highest BCUT2D eigenvalue weighted by atomic mass is 19.1. The van der Waals surface area contributed by atoms with Gasteiger partial charge in [-0.2, -0.15) is 0 Å². The fraction of sp³-hybridized carbons (Fsp3) is 0.227. The molecule has 2 heterocycles. The fourth-order valence-corrected chi connectivity index (χ4v) is 3.38. The lowest BCUT2D eigenvalue weighted by Crippen LogP contribution is -2.46. The van der Waals surface area contributed by atoms with Crippen molar-refractivity contribution >= 4 is 23.2 Å². The summed E-state index contributed by atoms with van der Waals surface area (Å²) in [6.07, 6.45) is 0. The van der Waals surface area contributed by atoms with Crippen LogP contribution in [0.15, 0.2) is 60.7 Å². The molecule has 1 aliphatic heterocycles. The second-order valence-electron chi connectivity index (χ2n) is 7.05. The number of rotatable bonds is 4. The van der Waals surface area contributed by atoms with Gasteiger partial charge in [0.15, 0.2) is 11.6 Å². The van der Waals surface area contributed by atoms with Gasteiger partial charge in [-0.15, -0.1) is 10.2 Å². The molecule has 2 aromatic carbocycles. The summed E-state index contributed by atoms with van der Waals surface area (Å²) in [5.74, 6) is 0.767. The van der Waals surface area contributed by atoms with Crippen LogP contribution in [0.1, 0.15) is 15.9 Å². The molecule has 0 aliphatic carbocycles. The molecule has 3 aromatic rings. The van der Waals surface area contributed by atoms with E-state index in [1.807, 2.05) is 31.2 Å². The van der Waals surface area contributed by atoms with Crippen molar-refractivity contribution in [2.24, 2.45) is 0 Å². The molecule has 0 bridgehead atoms. The molecule has 0 atom stereocenters. The number of carbonyl (C=O) groups is 1. The minimum absolute atomic E-state index is 0.205. The van der Waals surface area contributed by atoms with Crippen molar-refractivity contribution in [1.29, 1.82) is 0 Å². The summed E-state index contributed by atoms with van der Waals surface area (Å²) < 4.78 is 13.1. The first-order valence-corrected chi connectivity index (χ1v) is 9.56. The van der Waals surface area contributed by atoms with E-state index in [0.29, 0.717) is 11.4 Å². The second-order valence-corrected chi connectivity index (χ2v) is 7.05. The number of amides is 1. The van der Waals surface area contributed by atoms with Crippen LogP contribution in [0, 0.1) is 12.7 Å². The summed E-state index contributed by atoms with van der Waals surface area (Å²) in [5, 5.41) is 11.2. The van der Waals surface area contributed by atoms with Crippen LogP contribution >= 0.6 is 0 Å². The number of aromatic nitrogens is 2. The smallest absolute Gasteiger partial charge is 0.256 e. The molecule has 6 nitrogen and oxygen atoms in total. The maximum atomic E-state index is 13.1. The standard InChI is InChI=1S/C22H22FN5O/c1-16-3-2-4-17(15-16)22(29)24-20-9-10-21(26-25-20)28-13-11-27(12-14-28)19-7-5-18(23)6-8-19/h2-10,15H,11-14H2,1H3,(H,24,25,29). The number of halogens is 1. The third-order valence-corrected chi connectivity index (χ3v) is 4.97. The number of nitrogens with zero attached hydrogens (tertiary/aromatic N) is 4. The molecule has 1 fully saturated rings. The van der Waals surface area contributed by atoms with Gasteiger partial charge in [-0.3, -0.25) is 4.79 Å². The number of hydrogen-bond donors (Lipinski definition) is 1. The number of hydrogen-bond acceptors (Lipinski definition) is 5. The maximum absolute atomic E-state index is 13.1. The quantitative estimate of drug-likeness (QED) is 0.738. The Labute approximate surface area is 169 Å². The molecular weight excluding hydrogens is 369 g/mol. The van der Waals surface area contributed by atoms with E-state index in [-0.39, 0.29) is 11.7 Å². The van der Waals surface area contributed by atoms with E-state index in [2.05, 4.69) is 25.3 Å². The number of anilines is 3. The Morgan fingerprint density at radius 3 is 2.31 bits per heavy atom. The molecule has 0 saturated carbocycles. The topological polar surface area (TPSA) is 61.4 Å². The van der Waals surface area contributed by atoms with Crippen molar-refractivity contribution in [3.05, 3.63) is 77.6 Å². The average Bonchev–Trinajstić information content (AvgIpc) is 2.75. The van der Waals surface area contributed by atoms with Gasteiger partial charge in [0.05, 0.1) is 0 Å². The van der Waals surface area contributed by atoms with Gasteiger partial charge >= 0.3 is 0 Å². The Balaban J connectivity index is 1.35. The van der Waals surface area contributed by atoms with Crippen LogP contribution in [0.5, 0.6) is 0 Å². The van der Waals surface area contributed by atoms with E-state index < -0.39 is 0 Å². The zero-order valence-corrected chi connectivity index (χ0v) is 16.2. The van der Waals surface area contributed by atoms with E-state index in [9.17, 15) is 9.18 Å². The molecule has 1 saturated heterocycles. The van der Waals surface area contributed by atoms with Gasteiger partial charge in [0.2, 0.25) is 0 Å². The number of carbonyl (C=O) groups excluding carboxylic acids is 1. The molecule has 148 valence electrons. The molecule has 1 aliphatic rings. The summed E-state index contributed by atoms with van der Waals surface area (Å²) in [4.78, 5) is 16.7. The van der Waals surface area contributed by atoms with Crippen LogP contribution in [-0.4, -0.2) is 42.3 Å². The number of nitrogens with one attached hydrogen (secondary N) is 1. The summed E-state index contributed by atoms with van der Waals surface area (Å²) in [6, 6.07) is 17.6. The Morgan fingerprint density at radius 1 is 0.931 bits per heavy atom. The first-order chi connectivity index (χ1) is 14.1. The highest BCUT2D eigenvalue weighted by Crippen LogP contribution is 2.20. The molecule has 7 heteroatoms. The minimum Gasteiger partial charge on any atom is -0.368 e. The molecule has 1 amide bonds. The van der Waals surface area contributed by atoms with Gasteiger partial charge in [0, 0.05) is 37.4 Å². The molecule has 1 aromatic heterocycles. The van der Waals surface area contributed by atoms with Crippen LogP contribution in [0.2, 0.25) is 0 Å². The van der Waals surface area contributed by atoms with E-state index >= 15 is 0 Å². The second kappa shape index (κ2) is 8.26. The van der Waals surface area contributed by atoms with E-state index in [1.165, 1.54) is 12.1 Å². The van der Waals surface area contributed by atoms with Crippen molar-refractivity contribution in [3.8, 4) is 0 Å². The van der Waals surface area contributed by atoms with E-state index in [1.54, 1.807) is 24.3 Å². The SMILES string of the molecule is Cc1cccc(C(=O)Nc2ccc(N3CCN(c4ccc(F)cc4)CC3)nn2)c1. The minimum atomic E-state index is -0.225. The van der Waals surface area contributed by atoms with Crippen molar-refractivity contribution in [3.63, 3.8) is 0 Å². The van der Waals surface area contributed by atoms with Gasteiger partial charge in [-0.25, -0.2) is 4.39 Å². The van der Waals surface area contributed by atoms with Crippen LogP contribution in [0.25, 0.3) is 0 Å². The summed E-state index contributed by atoms with van der Waals surface area (Å²) in [7, 11) is 0. The van der Waals surface area contributed by atoms with Crippen molar-refractivity contribution < 1.29 is 9.18 Å². The maximum Gasteiger partial charge on any atom is 0.256 e. The van der Waals surface area contributed by atoms with Crippen LogP contribution in [0.4, 0.5) is 21.7 Å². The Morgan fingerprint density at radius 2 is 1.66 bits per heavy atom. The molecule has 0 radical (unpaired) electrons. The molecule has 0 spiro atoms. The third-order valence-electron chi connectivity index (χ3n) is 4.97. The molecule has 1 N–H and O–H groups in total. The zero-order valence-electron chi connectivity index (χ0n) is 16.2. The monoisotopic (exact) mass is 391 g/mol. The lowest BCUT2D eigenvalue weighted by Gasteiger charge is -2.36. The van der Waals surface area contributed by atoms with Crippen molar-refractivity contribution in [2.75, 3.05) is 41.3 Å². The third kappa shape index (κ3) is 4.51. The zero-order chi connectivity index (χ0) is 20.2. The van der Waals surface area contributed by atoms with E-state index in [4.69, 9.17) is 0 Å². The number of benzene rings is 2. The Kier molecular flexibility index (Phi) is 5.37. The summed E-state index contributed by atoms with van der Waals surface area (Å²) >= 11 is 0. The molecule has 0 unspecified atom stereocenters. The number of aryl methyl sites for hydroxylation is 1. The van der Waals surface area contributed by atoms with Gasteiger partial charge in [0.1, 0.15) is 5.82 Å². The first kappa shape index (κ1) is 18.9. The lowest BCUT2D eigenvalue weighted by molar-refractivity contribution is 0.102. The van der Waals surface area contributed by atoms with Crippen molar-refractivity contribution in [2.45, 2.75) is 6.92 Å². The van der Waals surface area contributed by atoms with Crippen LogP contribution in [-0.2, 0) is 0 Å². The van der Waals surface area contributed by atoms with Crippen LogP contribution in [0.3, 0.4) is 0 Å². The Bertz CT molecular complexity index is 983. The van der Waals surface area contributed by atoms with E-state index in [0.717, 1.165) is 43.2 Å². The van der Waals surface area contributed by atoms with Gasteiger partial charge in [0.25, 0.3) is 5.91 Å². The largest absolute Gasteiger partial charge is 0.368 e. The predicted molar refractivity (Wildman–Crippen MR) is 112 cm³/mol. The molecule has 4 rings (SSSR count). The van der Waals surface area contributed by atoms with Gasteiger partial charge < -0.3 is 15.1 Å². The predicted octanol–water partition coefficient (Wildman–Crippen LogP) is 3.50. The fourth-order valence-electron chi connectivity index (χ4n) is 3.38. The average molecular weight is 391 g/mol. The normalized spacial score (nSPS) is 14.0. The molecular formula is C22H22FN5O. The lowest BCUT2D eigenvalue weighted by atomic mass is 10.1. The number of piperazine rings is 1. The summed E-state index contributed by atoms with van der Waals surface area (Å²) in [6.45, 7) is 5.17. The van der Waals surface area contributed by atoms with Crippen LogP contribution < -0.4 is 15.1 Å². The highest BCUT2D eigenvalue weighted by Gasteiger charge is 2.19. The van der Waals surface area contributed by atoms with Gasteiger partial charge in [-0.05, 0) is 55.5 Å². The summed E-state index contributed by atoms with van der Waals surface area (Å²) in [5.41, 5.74) is 2.64. The highest BCUT2D eigenvalue weighted by molar-refractivity contribution is 6.03.